The molecule has 0 aliphatic heterocycles. The topological polar surface area (TPSA) is 29.3 Å². The van der Waals surface area contributed by atoms with Crippen molar-refractivity contribution in [3.05, 3.63) is 35.4 Å². The van der Waals surface area contributed by atoms with E-state index in [-0.39, 0.29) is 6.04 Å². The van der Waals surface area contributed by atoms with Crippen LogP contribution in [0.25, 0.3) is 0 Å². The summed E-state index contributed by atoms with van der Waals surface area (Å²) >= 11 is 0. The van der Waals surface area contributed by atoms with E-state index in [1.165, 1.54) is 38.2 Å². The third kappa shape index (κ3) is 3.74. The van der Waals surface area contributed by atoms with Crippen LogP contribution in [-0.4, -0.2) is 24.5 Å². The first kappa shape index (κ1) is 14.4. The van der Waals surface area contributed by atoms with Crippen LogP contribution in [-0.2, 0) is 0 Å². The number of likely N-dealkylation sites (N-methyl/N-ethyl adjacent to an activating group) is 1. The molecule has 1 aromatic carbocycles. The van der Waals surface area contributed by atoms with Gasteiger partial charge in [0, 0.05) is 18.6 Å². The van der Waals surface area contributed by atoms with Crippen LogP contribution in [0.2, 0.25) is 0 Å². The SMILES string of the molecule is CN(CC(N)c1ccc(F)c(F)c1)C1CCCCC1. The highest BCUT2D eigenvalue weighted by Crippen LogP contribution is 2.23. The molecule has 0 aromatic heterocycles. The Balaban J connectivity index is 1.95. The van der Waals surface area contributed by atoms with Crippen LogP contribution < -0.4 is 5.73 Å². The van der Waals surface area contributed by atoms with E-state index in [1.54, 1.807) is 6.07 Å². The highest BCUT2D eigenvalue weighted by atomic mass is 19.2. The van der Waals surface area contributed by atoms with Gasteiger partial charge in [-0.3, -0.25) is 0 Å². The van der Waals surface area contributed by atoms with Gasteiger partial charge in [-0.1, -0.05) is 25.3 Å². The van der Waals surface area contributed by atoms with Crippen molar-refractivity contribution in [1.29, 1.82) is 0 Å². The second-order valence-corrected chi connectivity index (χ2v) is 5.51. The Morgan fingerprint density at radius 3 is 2.53 bits per heavy atom. The lowest BCUT2D eigenvalue weighted by molar-refractivity contribution is 0.182. The van der Waals surface area contributed by atoms with Crippen molar-refractivity contribution in [3.8, 4) is 0 Å². The van der Waals surface area contributed by atoms with E-state index in [4.69, 9.17) is 5.73 Å². The molecule has 106 valence electrons. The smallest absolute Gasteiger partial charge is 0.159 e. The molecular formula is C15H22F2N2. The highest BCUT2D eigenvalue weighted by Gasteiger charge is 2.20. The van der Waals surface area contributed by atoms with Crippen LogP contribution in [0.15, 0.2) is 18.2 Å². The molecule has 0 heterocycles. The van der Waals surface area contributed by atoms with Crippen LogP contribution in [0.1, 0.15) is 43.7 Å². The Morgan fingerprint density at radius 2 is 1.89 bits per heavy atom. The molecule has 2 rings (SSSR count). The number of nitrogens with zero attached hydrogens (tertiary/aromatic N) is 1. The molecule has 4 heteroatoms. The van der Waals surface area contributed by atoms with Crippen molar-refractivity contribution in [2.24, 2.45) is 5.73 Å². The summed E-state index contributed by atoms with van der Waals surface area (Å²) in [5, 5.41) is 0. The van der Waals surface area contributed by atoms with Gasteiger partial charge in [-0.2, -0.15) is 0 Å². The van der Waals surface area contributed by atoms with E-state index in [0.717, 1.165) is 6.07 Å². The van der Waals surface area contributed by atoms with E-state index < -0.39 is 11.6 Å². The Labute approximate surface area is 113 Å². The molecular weight excluding hydrogens is 246 g/mol. The van der Waals surface area contributed by atoms with Gasteiger partial charge in [0.1, 0.15) is 0 Å². The minimum atomic E-state index is -0.826. The summed E-state index contributed by atoms with van der Waals surface area (Å²) in [4.78, 5) is 2.26. The molecule has 1 saturated carbocycles. The molecule has 0 bridgehead atoms. The number of rotatable bonds is 4. The molecule has 2 N–H and O–H groups in total. The predicted molar refractivity (Wildman–Crippen MR) is 72.8 cm³/mol. The first-order chi connectivity index (χ1) is 9.08. The Kier molecular flexibility index (Phi) is 4.88. The van der Waals surface area contributed by atoms with Gasteiger partial charge < -0.3 is 10.6 Å². The lowest BCUT2D eigenvalue weighted by Gasteiger charge is -2.33. The van der Waals surface area contributed by atoms with Crippen molar-refractivity contribution < 1.29 is 8.78 Å². The largest absolute Gasteiger partial charge is 0.323 e. The third-order valence-corrected chi connectivity index (χ3v) is 4.05. The Hall–Kier alpha value is -1.00. The number of halogens is 2. The normalized spacial score (nSPS) is 18.8. The molecule has 1 fully saturated rings. The maximum Gasteiger partial charge on any atom is 0.159 e. The zero-order valence-electron chi connectivity index (χ0n) is 11.4. The number of benzene rings is 1. The fourth-order valence-corrected chi connectivity index (χ4v) is 2.83. The van der Waals surface area contributed by atoms with E-state index in [9.17, 15) is 8.78 Å². The summed E-state index contributed by atoms with van der Waals surface area (Å²) in [6.45, 7) is 0.676. The van der Waals surface area contributed by atoms with Gasteiger partial charge in [0.25, 0.3) is 0 Å². The molecule has 2 nitrogen and oxygen atoms in total. The summed E-state index contributed by atoms with van der Waals surface area (Å²) in [7, 11) is 2.07. The minimum Gasteiger partial charge on any atom is -0.323 e. The average Bonchev–Trinajstić information content (AvgIpc) is 2.42. The van der Waals surface area contributed by atoms with Gasteiger partial charge in [-0.15, -0.1) is 0 Å². The fourth-order valence-electron chi connectivity index (χ4n) is 2.83. The van der Waals surface area contributed by atoms with Crippen LogP contribution >= 0.6 is 0 Å². The lowest BCUT2D eigenvalue weighted by atomic mass is 9.94. The second kappa shape index (κ2) is 6.44. The maximum absolute atomic E-state index is 13.2. The molecule has 0 radical (unpaired) electrons. The Bertz CT molecular complexity index is 417. The molecule has 19 heavy (non-hydrogen) atoms. The molecule has 1 aliphatic carbocycles. The maximum atomic E-state index is 13.2. The summed E-state index contributed by atoms with van der Waals surface area (Å²) in [5.74, 6) is -1.65. The van der Waals surface area contributed by atoms with E-state index in [0.29, 0.717) is 18.2 Å². The molecule has 0 amide bonds. The summed E-state index contributed by atoms with van der Waals surface area (Å²) in [6, 6.07) is 4.21. The van der Waals surface area contributed by atoms with Crippen LogP contribution in [0.3, 0.4) is 0 Å². The van der Waals surface area contributed by atoms with Gasteiger partial charge >= 0.3 is 0 Å². The molecule has 1 atom stereocenters. The summed E-state index contributed by atoms with van der Waals surface area (Å²) in [5.41, 5.74) is 6.74. The molecule has 1 aromatic rings. The lowest BCUT2D eigenvalue weighted by Crippen LogP contribution is -2.38. The zero-order chi connectivity index (χ0) is 13.8. The van der Waals surface area contributed by atoms with Crippen LogP contribution in [0.5, 0.6) is 0 Å². The zero-order valence-corrected chi connectivity index (χ0v) is 11.4. The van der Waals surface area contributed by atoms with Crippen molar-refractivity contribution in [2.45, 2.75) is 44.2 Å². The number of hydrogen-bond donors (Lipinski definition) is 1. The van der Waals surface area contributed by atoms with Crippen molar-refractivity contribution in [1.82, 2.24) is 4.90 Å². The summed E-state index contributed by atoms with van der Waals surface area (Å²) in [6.07, 6.45) is 6.28. The molecule has 1 unspecified atom stereocenters. The van der Waals surface area contributed by atoms with E-state index in [2.05, 4.69) is 11.9 Å². The molecule has 0 saturated heterocycles. The highest BCUT2D eigenvalue weighted by molar-refractivity contribution is 5.21. The van der Waals surface area contributed by atoms with Crippen LogP contribution in [0, 0.1) is 11.6 Å². The average molecular weight is 268 g/mol. The monoisotopic (exact) mass is 268 g/mol. The summed E-state index contributed by atoms with van der Waals surface area (Å²) < 4.78 is 26.1. The Morgan fingerprint density at radius 1 is 1.21 bits per heavy atom. The van der Waals surface area contributed by atoms with Gasteiger partial charge in [-0.25, -0.2) is 8.78 Å². The van der Waals surface area contributed by atoms with Gasteiger partial charge in [0.05, 0.1) is 0 Å². The second-order valence-electron chi connectivity index (χ2n) is 5.51. The van der Waals surface area contributed by atoms with Crippen molar-refractivity contribution in [2.75, 3.05) is 13.6 Å². The quantitative estimate of drug-likeness (QED) is 0.908. The number of hydrogen-bond acceptors (Lipinski definition) is 2. The van der Waals surface area contributed by atoms with E-state index in [1.807, 2.05) is 0 Å². The number of nitrogens with two attached hydrogens (primary N) is 1. The first-order valence-electron chi connectivity index (χ1n) is 6.98. The van der Waals surface area contributed by atoms with Gasteiger partial charge in [0.2, 0.25) is 0 Å². The fraction of sp³-hybridized carbons (Fsp3) is 0.600. The third-order valence-electron chi connectivity index (χ3n) is 4.05. The van der Waals surface area contributed by atoms with Gasteiger partial charge in [0.15, 0.2) is 11.6 Å². The minimum absolute atomic E-state index is 0.276. The van der Waals surface area contributed by atoms with Crippen LogP contribution in [0.4, 0.5) is 8.78 Å². The van der Waals surface area contributed by atoms with Gasteiger partial charge in [-0.05, 0) is 37.6 Å². The molecule has 1 aliphatic rings. The van der Waals surface area contributed by atoms with Crippen molar-refractivity contribution >= 4 is 0 Å². The predicted octanol–water partition coefficient (Wildman–Crippen LogP) is 3.23. The molecule has 0 spiro atoms. The standard InChI is InChI=1S/C15H22F2N2/c1-19(12-5-3-2-4-6-12)10-15(18)11-7-8-13(16)14(17)9-11/h7-9,12,15H,2-6,10,18H2,1H3. The first-order valence-corrected chi connectivity index (χ1v) is 6.98. The van der Waals surface area contributed by atoms with Crippen molar-refractivity contribution in [3.63, 3.8) is 0 Å². The van der Waals surface area contributed by atoms with E-state index >= 15 is 0 Å².